The first-order valence-corrected chi connectivity index (χ1v) is 12.0. The Hall–Kier alpha value is -2.32. The van der Waals surface area contributed by atoms with E-state index in [4.69, 9.17) is 4.74 Å². The minimum atomic E-state index is -0.728. The second kappa shape index (κ2) is 12.8. The summed E-state index contributed by atoms with van der Waals surface area (Å²) in [7, 11) is 0. The number of hydrogen-bond acceptors (Lipinski definition) is 5. The van der Waals surface area contributed by atoms with Crippen LogP contribution in [-0.2, 0) is 19.1 Å². The van der Waals surface area contributed by atoms with E-state index >= 15 is 0 Å². The summed E-state index contributed by atoms with van der Waals surface area (Å²) in [4.78, 5) is 53.2. The van der Waals surface area contributed by atoms with Crippen molar-refractivity contribution in [1.29, 1.82) is 0 Å². The fourth-order valence-corrected chi connectivity index (χ4v) is 4.33. The molecule has 0 aromatic carbocycles. The van der Waals surface area contributed by atoms with Gasteiger partial charge in [-0.3, -0.25) is 14.4 Å². The van der Waals surface area contributed by atoms with Gasteiger partial charge in [0.25, 0.3) is 0 Å². The van der Waals surface area contributed by atoms with Gasteiger partial charge in [-0.05, 0) is 37.5 Å². The van der Waals surface area contributed by atoms with E-state index in [0.717, 1.165) is 6.42 Å². The van der Waals surface area contributed by atoms with Crippen LogP contribution in [0, 0.1) is 17.3 Å². The third-order valence-electron chi connectivity index (χ3n) is 5.66. The van der Waals surface area contributed by atoms with Crippen LogP contribution in [0.1, 0.15) is 68.2 Å². The van der Waals surface area contributed by atoms with Crippen molar-refractivity contribution in [3.05, 3.63) is 0 Å². The summed E-state index contributed by atoms with van der Waals surface area (Å²) in [6.45, 7) is 17.3. The molecular formula is C24H44N4O5. The average molecular weight is 469 g/mol. The van der Waals surface area contributed by atoms with Crippen LogP contribution in [0.3, 0.4) is 0 Å². The monoisotopic (exact) mass is 468 g/mol. The predicted molar refractivity (Wildman–Crippen MR) is 127 cm³/mol. The standard InChI is InChI=1S/C24H44N4O5/c1-9-33-20(30)14-25-23(32)26-21(16(2)3)22(31)27-10-11-28(18(5)15-27)19(29)12-17(4)13-24(6,7)8/h16-18,21H,9-15H2,1-8H3,(H2,25,26,32). The number of piperazine rings is 1. The molecule has 0 saturated carbocycles. The number of nitrogens with one attached hydrogen (secondary N) is 2. The zero-order valence-electron chi connectivity index (χ0n) is 21.7. The van der Waals surface area contributed by atoms with Gasteiger partial charge in [0, 0.05) is 32.1 Å². The molecule has 1 heterocycles. The molecule has 1 saturated heterocycles. The highest BCUT2D eigenvalue weighted by molar-refractivity contribution is 5.88. The minimum Gasteiger partial charge on any atom is -0.465 e. The summed E-state index contributed by atoms with van der Waals surface area (Å²) in [5.74, 6) is -0.433. The quantitative estimate of drug-likeness (QED) is 0.505. The third kappa shape index (κ3) is 10.0. The van der Waals surface area contributed by atoms with Crippen molar-refractivity contribution in [2.24, 2.45) is 17.3 Å². The van der Waals surface area contributed by atoms with Crippen molar-refractivity contribution < 1.29 is 23.9 Å². The van der Waals surface area contributed by atoms with Gasteiger partial charge in [0.1, 0.15) is 12.6 Å². The summed E-state index contributed by atoms with van der Waals surface area (Å²) in [5, 5.41) is 5.11. The van der Waals surface area contributed by atoms with Gasteiger partial charge < -0.3 is 25.2 Å². The molecule has 0 bridgehead atoms. The normalized spacial score (nSPS) is 18.5. The number of hydrogen-bond donors (Lipinski definition) is 2. The summed E-state index contributed by atoms with van der Waals surface area (Å²) >= 11 is 0. The number of esters is 1. The Morgan fingerprint density at radius 1 is 1.09 bits per heavy atom. The van der Waals surface area contributed by atoms with Gasteiger partial charge in [-0.2, -0.15) is 0 Å². The molecule has 9 heteroatoms. The van der Waals surface area contributed by atoms with Gasteiger partial charge in [-0.15, -0.1) is 0 Å². The van der Waals surface area contributed by atoms with Crippen molar-refractivity contribution in [2.75, 3.05) is 32.8 Å². The Balaban J connectivity index is 2.65. The Kier molecular flexibility index (Phi) is 11.1. The highest BCUT2D eigenvalue weighted by Crippen LogP contribution is 2.27. The topological polar surface area (TPSA) is 108 Å². The second-order valence-electron chi connectivity index (χ2n) is 10.6. The lowest BCUT2D eigenvalue weighted by Gasteiger charge is -2.42. The van der Waals surface area contributed by atoms with Crippen molar-refractivity contribution in [1.82, 2.24) is 20.4 Å². The first-order valence-electron chi connectivity index (χ1n) is 12.0. The SMILES string of the molecule is CCOC(=O)CNC(=O)NC(C(=O)N1CCN(C(=O)CC(C)CC(C)(C)C)C(C)C1)C(C)C. The van der Waals surface area contributed by atoms with E-state index in [1.807, 2.05) is 25.7 Å². The molecule has 0 aromatic heterocycles. The molecule has 3 unspecified atom stereocenters. The molecule has 0 spiro atoms. The van der Waals surface area contributed by atoms with Crippen molar-refractivity contribution in [3.8, 4) is 0 Å². The largest absolute Gasteiger partial charge is 0.465 e. The second-order valence-corrected chi connectivity index (χ2v) is 10.6. The van der Waals surface area contributed by atoms with Crippen LogP contribution >= 0.6 is 0 Å². The molecule has 4 amide bonds. The maximum atomic E-state index is 13.2. The zero-order chi connectivity index (χ0) is 25.3. The maximum Gasteiger partial charge on any atom is 0.325 e. The Morgan fingerprint density at radius 2 is 1.73 bits per heavy atom. The van der Waals surface area contributed by atoms with Crippen molar-refractivity contribution >= 4 is 23.8 Å². The molecule has 1 fully saturated rings. The number of ether oxygens (including phenoxy) is 1. The lowest BCUT2D eigenvalue weighted by Crippen LogP contribution is -2.60. The van der Waals surface area contributed by atoms with E-state index in [0.29, 0.717) is 32.0 Å². The minimum absolute atomic E-state index is 0.0949. The molecule has 1 aliphatic rings. The lowest BCUT2D eigenvalue weighted by atomic mass is 9.84. The molecule has 1 aliphatic heterocycles. The van der Waals surface area contributed by atoms with E-state index in [9.17, 15) is 19.2 Å². The van der Waals surface area contributed by atoms with Crippen molar-refractivity contribution in [2.45, 2.75) is 80.3 Å². The molecule has 0 aromatic rings. The van der Waals surface area contributed by atoms with Crippen LogP contribution in [0.15, 0.2) is 0 Å². The molecule has 9 nitrogen and oxygen atoms in total. The maximum absolute atomic E-state index is 13.2. The molecule has 1 rings (SSSR count). The summed E-state index contributed by atoms with van der Waals surface area (Å²) in [6.07, 6.45) is 1.48. The smallest absolute Gasteiger partial charge is 0.325 e. The Labute approximate surface area is 199 Å². The number of amides is 4. The number of rotatable bonds is 9. The van der Waals surface area contributed by atoms with Gasteiger partial charge in [0.2, 0.25) is 11.8 Å². The molecule has 3 atom stereocenters. The average Bonchev–Trinajstić information content (AvgIpc) is 2.68. The van der Waals surface area contributed by atoms with Gasteiger partial charge in [-0.25, -0.2) is 4.79 Å². The van der Waals surface area contributed by atoms with E-state index < -0.39 is 18.0 Å². The molecule has 190 valence electrons. The van der Waals surface area contributed by atoms with Crippen LogP contribution in [0.4, 0.5) is 4.79 Å². The van der Waals surface area contributed by atoms with Gasteiger partial charge in [-0.1, -0.05) is 41.5 Å². The Morgan fingerprint density at radius 3 is 2.24 bits per heavy atom. The summed E-state index contributed by atoms with van der Waals surface area (Å²) in [5.41, 5.74) is 0.178. The van der Waals surface area contributed by atoms with Gasteiger partial charge in [0.05, 0.1) is 6.61 Å². The predicted octanol–water partition coefficient (Wildman–Crippen LogP) is 2.40. The van der Waals surface area contributed by atoms with Crippen LogP contribution in [-0.4, -0.2) is 78.5 Å². The third-order valence-corrected chi connectivity index (χ3v) is 5.66. The van der Waals surface area contributed by atoms with Gasteiger partial charge >= 0.3 is 12.0 Å². The molecule has 2 N–H and O–H groups in total. The first kappa shape index (κ1) is 28.7. The van der Waals surface area contributed by atoms with Crippen LogP contribution in [0.2, 0.25) is 0 Å². The number of nitrogens with zero attached hydrogens (tertiary/aromatic N) is 2. The van der Waals surface area contributed by atoms with E-state index in [1.54, 1.807) is 11.8 Å². The zero-order valence-corrected chi connectivity index (χ0v) is 21.7. The van der Waals surface area contributed by atoms with Crippen LogP contribution in [0.25, 0.3) is 0 Å². The number of urea groups is 1. The van der Waals surface area contributed by atoms with E-state index in [1.165, 1.54) is 0 Å². The van der Waals surface area contributed by atoms with Gasteiger partial charge in [0.15, 0.2) is 0 Å². The molecule has 33 heavy (non-hydrogen) atoms. The molecule has 0 radical (unpaired) electrons. The fourth-order valence-electron chi connectivity index (χ4n) is 4.33. The Bertz CT molecular complexity index is 689. The molecular weight excluding hydrogens is 424 g/mol. The summed E-state index contributed by atoms with van der Waals surface area (Å²) < 4.78 is 4.79. The van der Waals surface area contributed by atoms with Crippen LogP contribution in [0.5, 0.6) is 0 Å². The van der Waals surface area contributed by atoms with E-state index in [-0.39, 0.29) is 42.3 Å². The lowest BCUT2D eigenvalue weighted by molar-refractivity contribution is -0.144. The highest BCUT2D eigenvalue weighted by Gasteiger charge is 2.35. The van der Waals surface area contributed by atoms with E-state index in [2.05, 4.69) is 38.3 Å². The van der Waals surface area contributed by atoms with Crippen molar-refractivity contribution in [3.63, 3.8) is 0 Å². The summed E-state index contributed by atoms with van der Waals surface area (Å²) in [6, 6.07) is -1.42. The fraction of sp³-hybridized carbons (Fsp3) is 0.833. The molecule has 0 aliphatic carbocycles. The number of carbonyl (C=O) groups excluding carboxylic acids is 4. The van der Waals surface area contributed by atoms with Crippen LogP contribution < -0.4 is 10.6 Å². The number of carbonyl (C=O) groups is 4. The highest BCUT2D eigenvalue weighted by atomic mass is 16.5. The first-order chi connectivity index (χ1) is 15.2.